The number of halogens is 3. The third-order valence-electron chi connectivity index (χ3n) is 5.21. The fraction of sp³-hybridized carbons (Fsp3) is 0.429. The van der Waals surface area contributed by atoms with E-state index in [0.717, 1.165) is 18.7 Å². The first-order chi connectivity index (χ1) is 14.3. The van der Waals surface area contributed by atoms with Crippen LogP contribution in [0.15, 0.2) is 42.6 Å². The number of amides is 1. The number of rotatable bonds is 5. The molecule has 2 aromatic rings. The number of carbonyl (C=O) groups is 1. The van der Waals surface area contributed by atoms with Crippen LogP contribution in [0.5, 0.6) is 5.75 Å². The summed E-state index contributed by atoms with van der Waals surface area (Å²) in [4.78, 5) is 20.7. The van der Waals surface area contributed by atoms with Gasteiger partial charge in [0.1, 0.15) is 11.6 Å². The van der Waals surface area contributed by atoms with Crippen LogP contribution in [0.25, 0.3) is 0 Å². The Morgan fingerprint density at radius 3 is 2.43 bits per heavy atom. The standard InChI is InChI=1S/C21H25F3N4O2/c1-15(20(29)26-17-5-7-18(30-2)8-6-17)27-10-3-11-28(13-12-27)19-9-4-16(14-25-19)21(22,23)24/h4-9,14-15H,3,10-13H2,1-2H3,(H,26,29)/t15-/m0/s1. The summed E-state index contributed by atoms with van der Waals surface area (Å²) in [5.41, 5.74) is -0.0652. The summed E-state index contributed by atoms with van der Waals surface area (Å²) in [6.07, 6.45) is -2.75. The number of anilines is 2. The summed E-state index contributed by atoms with van der Waals surface area (Å²) in [6, 6.07) is 9.23. The number of pyridine rings is 1. The van der Waals surface area contributed by atoms with Gasteiger partial charge in [0.15, 0.2) is 0 Å². The van der Waals surface area contributed by atoms with E-state index in [2.05, 4.69) is 15.2 Å². The molecule has 1 saturated heterocycles. The second kappa shape index (κ2) is 9.34. The van der Waals surface area contributed by atoms with Crippen molar-refractivity contribution in [3.63, 3.8) is 0 Å². The molecule has 30 heavy (non-hydrogen) atoms. The topological polar surface area (TPSA) is 57.7 Å². The maximum absolute atomic E-state index is 12.7. The highest BCUT2D eigenvalue weighted by atomic mass is 19.4. The molecule has 1 N–H and O–H groups in total. The number of nitrogens with one attached hydrogen (secondary N) is 1. The van der Waals surface area contributed by atoms with Crippen LogP contribution in [-0.4, -0.2) is 55.1 Å². The first-order valence-corrected chi connectivity index (χ1v) is 9.75. The van der Waals surface area contributed by atoms with Gasteiger partial charge in [-0.1, -0.05) is 0 Å². The van der Waals surface area contributed by atoms with Crippen LogP contribution in [-0.2, 0) is 11.0 Å². The van der Waals surface area contributed by atoms with Gasteiger partial charge in [-0.2, -0.15) is 13.2 Å². The molecular formula is C21H25F3N4O2. The molecular weight excluding hydrogens is 397 g/mol. The molecule has 0 unspecified atom stereocenters. The lowest BCUT2D eigenvalue weighted by atomic mass is 10.2. The maximum atomic E-state index is 12.7. The Balaban J connectivity index is 1.57. The number of hydrogen-bond donors (Lipinski definition) is 1. The normalized spacial score (nSPS) is 16.6. The predicted octanol–water partition coefficient (Wildman–Crippen LogP) is 3.65. The van der Waals surface area contributed by atoms with Gasteiger partial charge in [0.05, 0.1) is 18.7 Å². The fourth-order valence-electron chi connectivity index (χ4n) is 3.38. The van der Waals surface area contributed by atoms with Gasteiger partial charge >= 0.3 is 6.18 Å². The summed E-state index contributed by atoms with van der Waals surface area (Å²) >= 11 is 0. The number of aromatic nitrogens is 1. The third-order valence-corrected chi connectivity index (χ3v) is 5.21. The van der Waals surface area contributed by atoms with E-state index >= 15 is 0 Å². The van der Waals surface area contributed by atoms with E-state index in [9.17, 15) is 18.0 Å². The maximum Gasteiger partial charge on any atom is 0.417 e. The highest BCUT2D eigenvalue weighted by Gasteiger charge is 2.31. The van der Waals surface area contributed by atoms with Crippen molar-refractivity contribution in [1.82, 2.24) is 9.88 Å². The van der Waals surface area contributed by atoms with Crippen molar-refractivity contribution in [2.24, 2.45) is 0 Å². The molecule has 0 saturated carbocycles. The monoisotopic (exact) mass is 422 g/mol. The Morgan fingerprint density at radius 1 is 1.10 bits per heavy atom. The number of ether oxygens (including phenoxy) is 1. The second-order valence-corrected chi connectivity index (χ2v) is 7.17. The SMILES string of the molecule is COc1ccc(NC(=O)[C@H](C)N2CCCN(c3ccc(C(F)(F)F)cn3)CC2)cc1. The molecule has 0 radical (unpaired) electrons. The Bertz CT molecular complexity index is 841. The molecule has 162 valence electrons. The minimum absolute atomic E-state index is 0.110. The molecule has 1 aliphatic heterocycles. The number of nitrogens with zero attached hydrogens (tertiary/aromatic N) is 3. The van der Waals surface area contributed by atoms with Crippen LogP contribution in [0.4, 0.5) is 24.7 Å². The first-order valence-electron chi connectivity index (χ1n) is 9.75. The molecule has 1 atom stereocenters. The Kier molecular flexibility index (Phi) is 6.81. The molecule has 1 aromatic carbocycles. The first kappa shape index (κ1) is 21.9. The molecule has 0 spiro atoms. The molecule has 2 heterocycles. The minimum Gasteiger partial charge on any atom is -0.497 e. The largest absolute Gasteiger partial charge is 0.497 e. The average Bonchev–Trinajstić information content (AvgIpc) is 2.99. The zero-order valence-corrected chi connectivity index (χ0v) is 16.9. The van der Waals surface area contributed by atoms with Gasteiger partial charge in [0.25, 0.3) is 0 Å². The van der Waals surface area contributed by atoms with E-state index in [1.165, 1.54) is 6.07 Å². The highest BCUT2D eigenvalue weighted by Crippen LogP contribution is 2.29. The molecule has 1 aromatic heterocycles. The zero-order valence-electron chi connectivity index (χ0n) is 16.9. The van der Waals surface area contributed by atoms with Crippen molar-refractivity contribution < 1.29 is 22.7 Å². The van der Waals surface area contributed by atoms with E-state index in [1.54, 1.807) is 31.4 Å². The van der Waals surface area contributed by atoms with Crippen molar-refractivity contribution in [1.29, 1.82) is 0 Å². The van der Waals surface area contributed by atoms with Gasteiger partial charge in [-0.15, -0.1) is 0 Å². The van der Waals surface area contributed by atoms with Gasteiger partial charge in [-0.25, -0.2) is 4.98 Å². The lowest BCUT2D eigenvalue weighted by Crippen LogP contribution is -2.44. The van der Waals surface area contributed by atoms with E-state index in [4.69, 9.17) is 4.74 Å². The van der Waals surface area contributed by atoms with Gasteiger partial charge in [0, 0.05) is 38.1 Å². The minimum atomic E-state index is -4.40. The second-order valence-electron chi connectivity index (χ2n) is 7.17. The van der Waals surface area contributed by atoms with Crippen LogP contribution in [0, 0.1) is 0 Å². The average molecular weight is 422 g/mol. The smallest absolute Gasteiger partial charge is 0.417 e. The molecule has 3 rings (SSSR count). The summed E-state index contributed by atoms with van der Waals surface area (Å²) in [6.45, 7) is 4.43. The molecule has 1 aliphatic rings. The fourth-order valence-corrected chi connectivity index (χ4v) is 3.38. The van der Waals surface area contributed by atoms with Crippen molar-refractivity contribution >= 4 is 17.4 Å². The summed E-state index contributed by atoms with van der Waals surface area (Å²) in [5, 5.41) is 2.91. The van der Waals surface area contributed by atoms with E-state index in [1.807, 2.05) is 11.8 Å². The van der Waals surface area contributed by atoms with Crippen molar-refractivity contribution in [3.8, 4) is 5.75 Å². The third kappa shape index (κ3) is 5.41. The predicted molar refractivity (Wildman–Crippen MR) is 109 cm³/mol. The van der Waals surface area contributed by atoms with Crippen molar-refractivity contribution in [2.45, 2.75) is 25.6 Å². The van der Waals surface area contributed by atoms with E-state index in [0.29, 0.717) is 43.4 Å². The van der Waals surface area contributed by atoms with Crippen molar-refractivity contribution in [3.05, 3.63) is 48.2 Å². The number of alkyl halides is 3. The number of methoxy groups -OCH3 is 1. The molecule has 9 heteroatoms. The quantitative estimate of drug-likeness (QED) is 0.797. The lowest BCUT2D eigenvalue weighted by molar-refractivity contribution is -0.137. The molecule has 1 amide bonds. The summed E-state index contributed by atoms with van der Waals surface area (Å²) in [5.74, 6) is 1.12. The van der Waals surface area contributed by atoms with Gasteiger partial charge in [0.2, 0.25) is 5.91 Å². The Hall–Kier alpha value is -2.81. The van der Waals surface area contributed by atoms with E-state index in [-0.39, 0.29) is 11.9 Å². The highest BCUT2D eigenvalue weighted by molar-refractivity contribution is 5.94. The summed E-state index contributed by atoms with van der Waals surface area (Å²) in [7, 11) is 1.58. The van der Waals surface area contributed by atoms with Crippen LogP contribution in [0.2, 0.25) is 0 Å². The van der Waals surface area contributed by atoms with Crippen molar-refractivity contribution in [2.75, 3.05) is 43.5 Å². The van der Waals surface area contributed by atoms with Crippen LogP contribution in [0.1, 0.15) is 18.9 Å². The van der Waals surface area contributed by atoms with Gasteiger partial charge in [-0.3, -0.25) is 9.69 Å². The van der Waals surface area contributed by atoms with Crippen LogP contribution in [0.3, 0.4) is 0 Å². The van der Waals surface area contributed by atoms with E-state index < -0.39 is 11.7 Å². The van der Waals surface area contributed by atoms with Crippen LogP contribution < -0.4 is 15.0 Å². The van der Waals surface area contributed by atoms with Crippen LogP contribution >= 0.6 is 0 Å². The van der Waals surface area contributed by atoms with Gasteiger partial charge in [-0.05, 0) is 49.7 Å². The molecule has 0 aliphatic carbocycles. The Morgan fingerprint density at radius 2 is 1.83 bits per heavy atom. The zero-order chi connectivity index (χ0) is 21.7. The van der Waals surface area contributed by atoms with Gasteiger partial charge < -0.3 is 15.0 Å². The number of carbonyl (C=O) groups excluding carboxylic acids is 1. The Labute approximate surface area is 173 Å². The lowest BCUT2D eigenvalue weighted by Gasteiger charge is -2.27. The summed E-state index contributed by atoms with van der Waals surface area (Å²) < 4.78 is 43.3. The number of hydrogen-bond acceptors (Lipinski definition) is 5. The number of benzene rings is 1. The molecule has 0 bridgehead atoms. The molecule has 6 nitrogen and oxygen atoms in total. The molecule has 1 fully saturated rings.